The van der Waals surface area contributed by atoms with Gasteiger partial charge in [0.25, 0.3) is 0 Å². The fourth-order valence-corrected chi connectivity index (χ4v) is 2.35. The van der Waals surface area contributed by atoms with Crippen LogP contribution in [0.3, 0.4) is 0 Å². The third-order valence-electron chi connectivity index (χ3n) is 3.18. The summed E-state index contributed by atoms with van der Waals surface area (Å²) in [5.74, 6) is 1.41. The van der Waals surface area contributed by atoms with Crippen molar-refractivity contribution in [1.29, 1.82) is 0 Å². The van der Waals surface area contributed by atoms with Gasteiger partial charge in [-0.3, -0.25) is 0 Å². The van der Waals surface area contributed by atoms with E-state index in [0.717, 1.165) is 16.7 Å². The van der Waals surface area contributed by atoms with Crippen LogP contribution < -0.4 is 10.5 Å². The van der Waals surface area contributed by atoms with Crippen LogP contribution in [0.2, 0.25) is 5.02 Å². The molecule has 0 aliphatic carbocycles. The maximum Gasteiger partial charge on any atom is 0.146 e. The molecule has 0 aliphatic rings. The molecule has 3 aromatic carbocycles. The lowest BCUT2D eigenvalue weighted by Gasteiger charge is -2.09. The van der Waals surface area contributed by atoms with Crippen molar-refractivity contribution in [3.63, 3.8) is 0 Å². The van der Waals surface area contributed by atoms with E-state index in [4.69, 9.17) is 22.1 Å². The number of fused-ring (bicyclic) bond motifs is 1. The number of nitrogens with two attached hydrogens (primary N) is 1. The van der Waals surface area contributed by atoms with Gasteiger partial charge in [-0.25, -0.2) is 0 Å². The Labute approximate surface area is 122 Å². The molecule has 2 nitrogen and oxygen atoms in total. The van der Waals surface area contributed by atoms with Crippen LogP contribution in [0, 0.1) is 0 Å². The topological polar surface area (TPSA) is 35.2 Å². The Hall–Kier alpha value is -2.03. The van der Waals surface area contributed by atoms with Gasteiger partial charge in [-0.2, -0.15) is 0 Å². The molecule has 0 atom stereocenters. The number of hydrogen-bond acceptors (Lipinski definition) is 2. The van der Waals surface area contributed by atoms with E-state index in [9.17, 15) is 0 Å². The van der Waals surface area contributed by atoms with E-state index < -0.39 is 0 Å². The van der Waals surface area contributed by atoms with Crippen molar-refractivity contribution in [3.8, 4) is 11.5 Å². The summed E-state index contributed by atoms with van der Waals surface area (Å²) in [6.45, 7) is 0.468. The summed E-state index contributed by atoms with van der Waals surface area (Å²) in [4.78, 5) is 0. The first-order valence-corrected chi connectivity index (χ1v) is 6.79. The minimum Gasteiger partial charge on any atom is -0.456 e. The molecule has 0 saturated carbocycles. The number of halogens is 1. The van der Waals surface area contributed by atoms with Crippen molar-refractivity contribution < 1.29 is 4.74 Å². The number of hydrogen-bond donors (Lipinski definition) is 1. The summed E-state index contributed by atoms with van der Waals surface area (Å²) in [7, 11) is 0. The summed E-state index contributed by atoms with van der Waals surface area (Å²) in [5, 5.41) is 2.89. The molecule has 2 N–H and O–H groups in total. The average Bonchev–Trinajstić information content (AvgIpc) is 2.49. The van der Waals surface area contributed by atoms with Gasteiger partial charge < -0.3 is 10.5 Å². The Bertz CT molecular complexity index is 755. The highest BCUT2D eigenvalue weighted by atomic mass is 35.5. The Morgan fingerprint density at radius 1 is 0.900 bits per heavy atom. The highest BCUT2D eigenvalue weighted by Crippen LogP contribution is 2.31. The van der Waals surface area contributed by atoms with Crippen molar-refractivity contribution in [2.75, 3.05) is 0 Å². The quantitative estimate of drug-likeness (QED) is 0.753. The molecule has 0 radical (unpaired) electrons. The zero-order valence-electron chi connectivity index (χ0n) is 10.8. The third-order valence-corrected chi connectivity index (χ3v) is 3.48. The lowest BCUT2D eigenvalue weighted by atomic mass is 10.1. The lowest BCUT2D eigenvalue weighted by Crippen LogP contribution is -1.96. The molecule has 0 unspecified atom stereocenters. The number of benzene rings is 3. The van der Waals surface area contributed by atoms with E-state index in [1.165, 1.54) is 5.39 Å². The lowest BCUT2D eigenvalue weighted by molar-refractivity contribution is 0.483. The van der Waals surface area contributed by atoms with Gasteiger partial charge in [-0.15, -0.1) is 0 Å². The molecular formula is C17H14ClNO. The average molecular weight is 284 g/mol. The number of ether oxygens (including phenoxy) is 1. The molecular weight excluding hydrogens is 270 g/mol. The maximum absolute atomic E-state index is 6.20. The van der Waals surface area contributed by atoms with Crippen molar-refractivity contribution >= 4 is 22.4 Å². The SMILES string of the molecule is NCc1ccc(Oc2ccc3ccccc3c2)c(Cl)c1. The molecule has 3 aromatic rings. The molecule has 100 valence electrons. The van der Waals surface area contributed by atoms with Gasteiger partial charge in [-0.1, -0.05) is 48.0 Å². The Morgan fingerprint density at radius 2 is 1.70 bits per heavy atom. The first kappa shape index (κ1) is 13.0. The Morgan fingerprint density at radius 3 is 2.45 bits per heavy atom. The van der Waals surface area contributed by atoms with E-state index in [-0.39, 0.29) is 0 Å². The van der Waals surface area contributed by atoms with Gasteiger partial charge in [0.2, 0.25) is 0 Å². The van der Waals surface area contributed by atoms with Crippen LogP contribution in [0.4, 0.5) is 0 Å². The van der Waals surface area contributed by atoms with E-state index in [1.54, 1.807) is 0 Å². The monoisotopic (exact) mass is 283 g/mol. The summed E-state index contributed by atoms with van der Waals surface area (Å²) >= 11 is 6.20. The molecule has 0 bridgehead atoms. The van der Waals surface area contributed by atoms with Crippen LogP contribution in [0.25, 0.3) is 10.8 Å². The van der Waals surface area contributed by atoms with E-state index >= 15 is 0 Å². The molecule has 0 heterocycles. The predicted octanol–water partition coefficient (Wildman–Crippen LogP) is 4.74. The summed E-state index contributed by atoms with van der Waals surface area (Å²) in [5.41, 5.74) is 6.57. The second-order valence-electron chi connectivity index (χ2n) is 4.58. The number of rotatable bonds is 3. The molecule has 20 heavy (non-hydrogen) atoms. The largest absolute Gasteiger partial charge is 0.456 e. The second kappa shape index (κ2) is 5.53. The highest BCUT2D eigenvalue weighted by Gasteiger charge is 2.05. The predicted molar refractivity (Wildman–Crippen MR) is 83.4 cm³/mol. The Balaban J connectivity index is 1.92. The van der Waals surface area contributed by atoms with Gasteiger partial charge in [-0.05, 0) is 40.6 Å². The van der Waals surface area contributed by atoms with Crippen LogP contribution >= 0.6 is 11.6 Å². The van der Waals surface area contributed by atoms with Crippen LogP contribution in [-0.4, -0.2) is 0 Å². The van der Waals surface area contributed by atoms with Crippen LogP contribution in [0.1, 0.15) is 5.56 Å². The molecule has 0 spiro atoms. The first-order valence-electron chi connectivity index (χ1n) is 6.41. The maximum atomic E-state index is 6.20. The van der Waals surface area contributed by atoms with Crippen molar-refractivity contribution in [2.24, 2.45) is 5.73 Å². The van der Waals surface area contributed by atoms with Crippen molar-refractivity contribution in [3.05, 3.63) is 71.2 Å². The fraction of sp³-hybridized carbons (Fsp3) is 0.0588. The molecule has 3 heteroatoms. The fourth-order valence-electron chi connectivity index (χ4n) is 2.11. The molecule has 0 fully saturated rings. The summed E-state index contributed by atoms with van der Waals surface area (Å²) in [6.07, 6.45) is 0. The van der Waals surface area contributed by atoms with Gasteiger partial charge in [0.15, 0.2) is 0 Å². The normalized spacial score (nSPS) is 10.7. The van der Waals surface area contributed by atoms with Crippen LogP contribution in [-0.2, 0) is 6.54 Å². The van der Waals surface area contributed by atoms with Crippen molar-refractivity contribution in [1.82, 2.24) is 0 Å². The van der Waals surface area contributed by atoms with Gasteiger partial charge in [0.05, 0.1) is 5.02 Å². The van der Waals surface area contributed by atoms with Gasteiger partial charge >= 0.3 is 0 Å². The van der Waals surface area contributed by atoms with Gasteiger partial charge in [0.1, 0.15) is 11.5 Å². The Kier molecular flexibility index (Phi) is 3.59. The minimum atomic E-state index is 0.468. The zero-order chi connectivity index (χ0) is 13.9. The first-order chi connectivity index (χ1) is 9.76. The standard InChI is InChI=1S/C17H14ClNO/c18-16-9-12(11-19)5-8-17(16)20-15-7-6-13-3-1-2-4-14(13)10-15/h1-10H,11,19H2. The smallest absolute Gasteiger partial charge is 0.146 e. The highest BCUT2D eigenvalue weighted by molar-refractivity contribution is 6.32. The summed E-state index contributed by atoms with van der Waals surface area (Å²) < 4.78 is 5.84. The molecule has 0 saturated heterocycles. The molecule has 0 aliphatic heterocycles. The molecule has 0 amide bonds. The van der Waals surface area contributed by atoms with Crippen LogP contribution in [0.5, 0.6) is 11.5 Å². The second-order valence-corrected chi connectivity index (χ2v) is 4.99. The minimum absolute atomic E-state index is 0.468. The van der Waals surface area contributed by atoms with Crippen molar-refractivity contribution in [2.45, 2.75) is 6.54 Å². The van der Waals surface area contributed by atoms with E-state index in [0.29, 0.717) is 17.3 Å². The summed E-state index contributed by atoms with van der Waals surface area (Å²) in [6, 6.07) is 19.7. The zero-order valence-corrected chi connectivity index (χ0v) is 11.6. The molecule has 3 rings (SSSR count). The third kappa shape index (κ3) is 2.62. The van der Waals surface area contributed by atoms with E-state index in [2.05, 4.69) is 12.1 Å². The van der Waals surface area contributed by atoms with Gasteiger partial charge in [0, 0.05) is 6.54 Å². The molecule has 0 aromatic heterocycles. The van der Waals surface area contributed by atoms with Crippen LogP contribution in [0.15, 0.2) is 60.7 Å². The van der Waals surface area contributed by atoms with E-state index in [1.807, 2.05) is 48.5 Å².